The van der Waals surface area contributed by atoms with Crippen molar-refractivity contribution in [1.82, 2.24) is 10.2 Å². The lowest BCUT2D eigenvalue weighted by Crippen LogP contribution is -1.82. The van der Waals surface area contributed by atoms with Crippen LogP contribution in [0.4, 0.5) is 0 Å². The third kappa shape index (κ3) is 2.51. The molecular weight excluding hydrogens is 276 g/mol. The molecule has 1 heterocycles. The molecule has 4 nitrogen and oxygen atoms in total. The molecular formula is C15H11ClN2O2. The largest absolute Gasteiger partial charge is 0.497 e. The lowest BCUT2D eigenvalue weighted by Gasteiger charge is -1.99. The highest BCUT2D eigenvalue weighted by atomic mass is 35.5. The number of aromatic nitrogens is 2. The van der Waals surface area contributed by atoms with E-state index in [0.29, 0.717) is 16.8 Å². The molecule has 0 fully saturated rings. The molecule has 0 N–H and O–H groups in total. The van der Waals surface area contributed by atoms with Crippen molar-refractivity contribution in [1.29, 1.82) is 0 Å². The van der Waals surface area contributed by atoms with E-state index in [1.807, 2.05) is 36.4 Å². The number of hydrogen-bond donors (Lipinski definition) is 0. The van der Waals surface area contributed by atoms with Crippen molar-refractivity contribution in [2.24, 2.45) is 0 Å². The van der Waals surface area contributed by atoms with Crippen molar-refractivity contribution < 1.29 is 9.15 Å². The second-order valence-corrected chi connectivity index (χ2v) is 4.59. The molecule has 3 aromatic rings. The molecule has 0 spiro atoms. The molecule has 1 aromatic heterocycles. The average molecular weight is 287 g/mol. The van der Waals surface area contributed by atoms with Crippen molar-refractivity contribution >= 4 is 11.6 Å². The van der Waals surface area contributed by atoms with E-state index >= 15 is 0 Å². The van der Waals surface area contributed by atoms with Gasteiger partial charge in [0.2, 0.25) is 11.8 Å². The topological polar surface area (TPSA) is 48.2 Å². The smallest absolute Gasteiger partial charge is 0.248 e. The van der Waals surface area contributed by atoms with E-state index < -0.39 is 0 Å². The van der Waals surface area contributed by atoms with Crippen LogP contribution >= 0.6 is 11.6 Å². The van der Waals surface area contributed by atoms with Gasteiger partial charge < -0.3 is 9.15 Å². The minimum atomic E-state index is 0.443. The van der Waals surface area contributed by atoms with Crippen molar-refractivity contribution in [3.05, 3.63) is 53.6 Å². The van der Waals surface area contributed by atoms with Gasteiger partial charge in [-0.25, -0.2) is 0 Å². The fourth-order valence-corrected chi connectivity index (χ4v) is 2.00. The normalized spacial score (nSPS) is 10.5. The highest BCUT2D eigenvalue weighted by Crippen LogP contribution is 2.26. The molecule has 0 radical (unpaired) electrons. The van der Waals surface area contributed by atoms with Gasteiger partial charge in [0.25, 0.3) is 0 Å². The Morgan fingerprint density at radius 3 is 2.30 bits per heavy atom. The summed E-state index contributed by atoms with van der Waals surface area (Å²) in [5.41, 5.74) is 1.64. The molecule has 0 aliphatic carbocycles. The van der Waals surface area contributed by atoms with Gasteiger partial charge in [-0.2, -0.15) is 0 Å². The van der Waals surface area contributed by atoms with Crippen LogP contribution in [0.5, 0.6) is 5.75 Å². The second kappa shape index (κ2) is 5.35. The van der Waals surface area contributed by atoms with E-state index in [2.05, 4.69) is 10.2 Å². The minimum absolute atomic E-state index is 0.443. The fraction of sp³-hybridized carbons (Fsp3) is 0.0667. The van der Waals surface area contributed by atoms with Crippen LogP contribution in [0.3, 0.4) is 0 Å². The lowest BCUT2D eigenvalue weighted by atomic mass is 10.2. The van der Waals surface area contributed by atoms with Crippen molar-refractivity contribution in [3.63, 3.8) is 0 Å². The second-order valence-electron chi connectivity index (χ2n) is 4.15. The first kappa shape index (κ1) is 12.7. The maximum Gasteiger partial charge on any atom is 0.248 e. The maximum atomic E-state index is 5.95. The first-order valence-electron chi connectivity index (χ1n) is 6.00. The van der Waals surface area contributed by atoms with E-state index in [-0.39, 0.29) is 0 Å². The standard InChI is InChI=1S/C15H11ClN2O2/c1-19-13-7-5-10(6-8-13)14-17-18-15(20-14)11-3-2-4-12(16)9-11/h2-9H,1H3. The number of nitrogens with zero attached hydrogens (tertiary/aromatic N) is 2. The number of halogens is 1. The summed E-state index contributed by atoms with van der Waals surface area (Å²) < 4.78 is 10.8. The quantitative estimate of drug-likeness (QED) is 0.728. The summed E-state index contributed by atoms with van der Waals surface area (Å²) in [5.74, 6) is 1.68. The van der Waals surface area contributed by atoms with Gasteiger partial charge in [-0.3, -0.25) is 0 Å². The van der Waals surface area contributed by atoms with Crippen LogP contribution in [0.15, 0.2) is 52.9 Å². The molecule has 100 valence electrons. The Hall–Kier alpha value is -2.33. The summed E-state index contributed by atoms with van der Waals surface area (Å²) in [5, 5.41) is 8.72. The summed E-state index contributed by atoms with van der Waals surface area (Å²) in [4.78, 5) is 0. The lowest BCUT2D eigenvalue weighted by molar-refractivity contribution is 0.415. The SMILES string of the molecule is COc1ccc(-c2nnc(-c3cccc(Cl)c3)o2)cc1. The molecule has 5 heteroatoms. The zero-order valence-electron chi connectivity index (χ0n) is 10.7. The van der Waals surface area contributed by atoms with Crippen LogP contribution in [0.25, 0.3) is 22.9 Å². The Balaban J connectivity index is 1.93. The van der Waals surface area contributed by atoms with Crippen LogP contribution in [-0.2, 0) is 0 Å². The number of hydrogen-bond acceptors (Lipinski definition) is 4. The highest BCUT2D eigenvalue weighted by Gasteiger charge is 2.10. The van der Waals surface area contributed by atoms with Gasteiger partial charge >= 0.3 is 0 Å². The van der Waals surface area contributed by atoms with E-state index in [0.717, 1.165) is 16.9 Å². The minimum Gasteiger partial charge on any atom is -0.497 e. The van der Waals surface area contributed by atoms with E-state index in [4.69, 9.17) is 20.8 Å². The van der Waals surface area contributed by atoms with E-state index in [1.165, 1.54) is 0 Å². The number of benzene rings is 2. The number of ether oxygens (including phenoxy) is 1. The number of methoxy groups -OCH3 is 1. The van der Waals surface area contributed by atoms with Gasteiger partial charge in [-0.15, -0.1) is 10.2 Å². The molecule has 0 aliphatic rings. The molecule has 0 unspecified atom stereocenters. The van der Waals surface area contributed by atoms with Crippen LogP contribution < -0.4 is 4.74 Å². The molecule has 20 heavy (non-hydrogen) atoms. The zero-order chi connectivity index (χ0) is 13.9. The summed E-state index contributed by atoms with van der Waals surface area (Å²) >= 11 is 5.95. The predicted octanol–water partition coefficient (Wildman–Crippen LogP) is 4.07. The summed E-state index contributed by atoms with van der Waals surface area (Å²) in [6, 6.07) is 14.7. The van der Waals surface area contributed by atoms with Gasteiger partial charge in [0.15, 0.2) is 0 Å². The maximum absolute atomic E-state index is 5.95. The van der Waals surface area contributed by atoms with Gasteiger partial charge in [0, 0.05) is 16.1 Å². The first-order chi connectivity index (χ1) is 9.76. The monoisotopic (exact) mass is 286 g/mol. The third-order valence-electron chi connectivity index (χ3n) is 2.83. The van der Waals surface area contributed by atoms with Gasteiger partial charge in [-0.05, 0) is 42.5 Å². The summed E-state index contributed by atoms with van der Waals surface area (Å²) in [7, 11) is 1.62. The van der Waals surface area contributed by atoms with Crippen molar-refractivity contribution in [2.45, 2.75) is 0 Å². The molecule has 2 aromatic carbocycles. The Kier molecular flexibility index (Phi) is 3.39. The fourth-order valence-electron chi connectivity index (χ4n) is 1.81. The first-order valence-corrected chi connectivity index (χ1v) is 6.38. The zero-order valence-corrected chi connectivity index (χ0v) is 11.5. The van der Waals surface area contributed by atoms with Crippen LogP contribution in [0.1, 0.15) is 0 Å². The Bertz CT molecular complexity index is 723. The van der Waals surface area contributed by atoms with Gasteiger partial charge in [-0.1, -0.05) is 17.7 Å². The molecule has 0 saturated carbocycles. The highest BCUT2D eigenvalue weighted by molar-refractivity contribution is 6.30. The Morgan fingerprint density at radius 1 is 0.950 bits per heavy atom. The van der Waals surface area contributed by atoms with Crippen LogP contribution in [0, 0.1) is 0 Å². The van der Waals surface area contributed by atoms with E-state index in [9.17, 15) is 0 Å². The van der Waals surface area contributed by atoms with E-state index in [1.54, 1.807) is 19.2 Å². The van der Waals surface area contributed by atoms with Gasteiger partial charge in [0.1, 0.15) is 5.75 Å². The van der Waals surface area contributed by atoms with Crippen molar-refractivity contribution in [3.8, 4) is 28.7 Å². The third-order valence-corrected chi connectivity index (χ3v) is 3.07. The summed E-state index contributed by atoms with van der Waals surface area (Å²) in [6.07, 6.45) is 0. The Morgan fingerprint density at radius 2 is 1.65 bits per heavy atom. The molecule has 0 bridgehead atoms. The van der Waals surface area contributed by atoms with Crippen molar-refractivity contribution in [2.75, 3.05) is 7.11 Å². The van der Waals surface area contributed by atoms with Crippen LogP contribution in [-0.4, -0.2) is 17.3 Å². The molecule has 0 amide bonds. The summed E-state index contributed by atoms with van der Waals surface area (Å²) in [6.45, 7) is 0. The molecule has 3 rings (SSSR count). The number of rotatable bonds is 3. The predicted molar refractivity (Wildman–Crippen MR) is 76.7 cm³/mol. The molecule has 0 saturated heterocycles. The Labute approximate surface area is 121 Å². The van der Waals surface area contributed by atoms with Crippen LogP contribution in [0.2, 0.25) is 5.02 Å². The van der Waals surface area contributed by atoms with Gasteiger partial charge in [0.05, 0.1) is 7.11 Å². The molecule has 0 atom stereocenters. The molecule has 0 aliphatic heterocycles. The average Bonchev–Trinajstić information content (AvgIpc) is 2.97.